The van der Waals surface area contributed by atoms with Gasteiger partial charge in [-0.15, -0.1) is 0 Å². The zero-order chi connectivity index (χ0) is 14.2. The molecule has 0 unspecified atom stereocenters. The van der Waals surface area contributed by atoms with E-state index in [1.54, 1.807) is 18.0 Å². The van der Waals surface area contributed by atoms with Crippen molar-refractivity contribution in [1.29, 1.82) is 0 Å². The number of hydrogen-bond donors (Lipinski definition) is 2. The Hall–Kier alpha value is -2.46. The monoisotopic (exact) mass is 292 g/mol. The summed E-state index contributed by atoms with van der Waals surface area (Å²) >= 11 is 1.72. The third-order valence-electron chi connectivity index (χ3n) is 3.48. The number of aromatic nitrogens is 2. The SMILES string of the molecule is O=c1[nH]c2ccc(Sc3ccccc3)cc2c2cc[nH]c12. The van der Waals surface area contributed by atoms with Crippen LogP contribution in [0.15, 0.2) is 75.4 Å². The molecule has 4 rings (SSSR count). The Morgan fingerprint density at radius 3 is 2.57 bits per heavy atom. The molecule has 0 bridgehead atoms. The van der Waals surface area contributed by atoms with E-state index in [-0.39, 0.29) is 5.56 Å². The van der Waals surface area contributed by atoms with Crippen LogP contribution in [0.2, 0.25) is 0 Å². The van der Waals surface area contributed by atoms with Crippen molar-refractivity contribution in [2.24, 2.45) is 0 Å². The lowest BCUT2D eigenvalue weighted by atomic mass is 10.1. The molecule has 102 valence electrons. The zero-order valence-electron chi connectivity index (χ0n) is 11.1. The van der Waals surface area contributed by atoms with Gasteiger partial charge in [0.05, 0.1) is 0 Å². The highest BCUT2D eigenvalue weighted by Crippen LogP contribution is 2.31. The molecule has 0 saturated heterocycles. The van der Waals surface area contributed by atoms with Crippen molar-refractivity contribution in [3.63, 3.8) is 0 Å². The van der Waals surface area contributed by atoms with Gasteiger partial charge in [-0.3, -0.25) is 4.79 Å². The van der Waals surface area contributed by atoms with Crippen LogP contribution in [0.3, 0.4) is 0 Å². The molecule has 21 heavy (non-hydrogen) atoms. The molecule has 0 spiro atoms. The van der Waals surface area contributed by atoms with Gasteiger partial charge in [-0.25, -0.2) is 0 Å². The van der Waals surface area contributed by atoms with Crippen LogP contribution in [0, 0.1) is 0 Å². The molecule has 0 aliphatic rings. The third kappa shape index (κ3) is 2.14. The minimum atomic E-state index is -0.0778. The molecule has 0 saturated carbocycles. The first-order valence-corrected chi connectivity index (χ1v) is 7.49. The van der Waals surface area contributed by atoms with E-state index in [1.807, 2.05) is 36.4 Å². The number of pyridine rings is 1. The van der Waals surface area contributed by atoms with Crippen molar-refractivity contribution in [2.75, 3.05) is 0 Å². The molecule has 2 heterocycles. The molecule has 2 aromatic heterocycles. The summed E-state index contributed by atoms with van der Waals surface area (Å²) in [6.07, 6.45) is 1.80. The lowest BCUT2D eigenvalue weighted by molar-refractivity contribution is 1.30. The van der Waals surface area contributed by atoms with Gasteiger partial charge in [-0.1, -0.05) is 30.0 Å². The average Bonchev–Trinajstić information content (AvgIpc) is 3.00. The molecular formula is C17H12N2OS. The summed E-state index contributed by atoms with van der Waals surface area (Å²) < 4.78 is 0. The quantitative estimate of drug-likeness (QED) is 0.583. The minimum absolute atomic E-state index is 0.0778. The van der Waals surface area contributed by atoms with E-state index in [1.165, 1.54) is 4.90 Å². The van der Waals surface area contributed by atoms with E-state index in [4.69, 9.17) is 0 Å². The Morgan fingerprint density at radius 2 is 1.71 bits per heavy atom. The van der Waals surface area contributed by atoms with Crippen molar-refractivity contribution >= 4 is 33.6 Å². The van der Waals surface area contributed by atoms with E-state index in [0.29, 0.717) is 5.52 Å². The lowest BCUT2D eigenvalue weighted by Gasteiger charge is -2.05. The van der Waals surface area contributed by atoms with Crippen molar-refractivity contribution in [1.82, 2.24) is 9.97 Å². The predicted octanol–water partition coefficient (Wildman–Crippen LogP) is 4.16. The first kappa shape index (κ1) is 12.3. The lowest BCUT2D eigenvalue weighted by Crippen LogP contribution is -2.05. The number of nitrogens with one attached hydrogen (secondary N) is 2. The summed E-state index contributed by atoms with van der Waals surface area (Å²) in [6.45, 7) is 0. The number of aromatic amines is 2. The third-order valence-corrected chi connectivity index (χ3v) is 4.48. The van der Waals surface area contributed by atoms with E-state index >= 15 is 0 Å². The van der Waals surface area contributed by atoms with Crippen LogP contribution < -0.4 is 5.56 Å². The Bertz CT molecular complexity index is 986. The van der Waals surface area contributed by atoms with Gasteiger partial charge in [0.2, 0.25) is 0 Å². The van der Waals surface area contributed by atoms with Crippen LogP contribution in [-0.2, 0) is 0 Å². The molecular weight excluding hydrogens is 280 g/mol. The first-order chi connectivity index (χ1) is 10.3. The average molecular weight is 292 g/mol. The second-order valence-electron chi connectivity index (χ2n) is 4.84. The maximum absolute atomic E-state index is 11.9. The van der Waals surface area contributed by atoms with E-state index < -0.39 is 0 Å². The molecule has 4 heteroatoms. The van der Waals surface area contributed by atoms with Gasteiger partial charge in [-0.05, 0) is 36.4 Å². The van der Waals surface area contributed by atoms with Crippen LogP contribution in [-0.4, -0.2) is 9.97 Å². The van der Waals surface area contributed by atoms with Gasteiger partial charge in [0.1, 0.15) is 5.52 Å². The van der Waals surface area contributed by atoms with Crippen molar-refractivity contribution in [3.05, 3.63) is 71.1 Å². The second kappa shape index (κ2) is 4.82. The van der Waals surface area contributed by atoms with Crippen LogP contribution in [0.5, 0.6) is 0 Å². The number of fused-ring (bicyclic) bond motifs is 3. The first-order valence-electron chi connectivity index (χ1n) is 6.67. The van der Waals surface area contributed by atoms with Crippen molar-refractivity contribution in [3.8, 4) is 0 Å². The Kier molecular flexibility index (Phi) is 2.82. The molecule has 0 fully saturated rings. The summed E-state index contributed by atoms with van der Waals surface area (Å²) in [5.74, 6) is 0. The van der Waals surface area contributed by atoms with Gasteiger partial charge in [0.25, 0.3) is 5.56 Å². The molecule has 0 aliphatic carbocycles. The number of hydrogen-bond acceptors (Lipinski definition) is 2. The molecule has 2 N–H and O–H groups in total. The molecule has 0 aliphatic heterocycles. The number of benzene rings is 2. The molecule has 0 radical (unpaired) electrons. The minimum Gasteiger partial charge on any atom is -0.357 e. The second-order valence-corrected chi connectivity index (χ2v) is 5.99. The topological polar surface area (TPSA) is 48.6 Å². The van der Waals surface area contributed by atoms with Crippen molar-refractivity contribution in [2.45, 2.75) is 9.79 Å². The predicted molar refractivity (Wildman–Crippen MR) is 87.0 cm³/mol. The highest BCUT2D eigenvalue weighted by molar-refractivity contribution is 7.99. The maximum atomic E-state index is 11.9. The fraction of sp³-hybridized carbons (Fsp3) is 0. The molecule has 2 aromatic carbocycles. The van der Waals surface area contributed by atoms with Crippen LogP contribution in [0.4, 0.5) is 0 Å². The normalized spacial score (nSPS) is 11.2. The molecule has 0 atom stereocenters. The van der Waals surface area contributed by atoms with Gasteiger partial charge < -0.3 is 9.97 Å². The summed E-state index contributed by atoms with van der Waals surface area (Å²) in [5.41, 5.74) is 1.42. The Morgan fingerprint density at radius 1 is 0.857 bits per heavy atom. The number of rotatable bonds is 2. The van der Waals surface area contributed by atoms with Gasteiger partial charge in [0, 0.05) is 32.3 Å². The summed E-state index contributed by atoms with van der Waals surface area (Å²) in [6, 6.07) is 18.3. The Balaban J connectivity index is 1.89. The van der Waals surface area contributed by atoms with Gasteiger partial charge in [-0.2, -0.15) is 0 Å². The molecule has 4 aromatic rings. The van der Waals surface area contributed by atoms with E-state index in [9.17, 15) is 4.79 Å². The molecule has 0 amide bonds. The highest BCUT2D eigenvalue weighted by Gasteiger charge is 2.07. The van der Waals surface area contributed by atoms with E-state index in [0.717, 1.165) is 21.2 Å². The van der Waals surface area contributed by atoms with Crippen molar-refractivity contribution < 1.29 is 0 Å². The fourth-order valence-corrected chi connectivity index (χ4v) is 3.39. The van der Waals surface area contributed by atoms with Gasteiger partial charge in [0.15, 0.2) is 0 Å². The maximum Gasteiger partial charge on any atom is 0.272 e. The molecule has 3 nitrogen and oxygen atoms in total. The van der Waals surface area contributed by atoms with Crippen LogP contribution in [0.25, 0.3) is 21.8 Å². The summed E-state index contributed by atoms with van der Waals surface area (Å²) in [5, 5.41) is 2.02. The zero-order valence-corrected chi connectivity index (χ0v) is 11.9. The summed E-state index contributed by atoms with van der Waals surface area (Å²) in [4.78, 5) is 20.2. The smallest absolute Gasteiger partial charge is 0.272 e. The van der Waals surface area contributed by atoms with Crippen LogP contribution in [0.1, 0.15) is 0 Å². The Labute approximate surface area is 125 Å². The standard InChI is InChI=1S/C17H12N2OS/c20-17-16-13(8-9-18-16)14-10-12(6-7-15(14)19-17)21-11-4-2-1-3-5-11/h1-10,18H,(H,19,20). The summed E-state index contributed by atoms with van der Waals surface area (Å²) in [7, 11) is 0. The highest BCUT2D eigenvalue weighted by atomic mass is 32.2. The van der Waals surface area contributed by atoms with Crippen LogP contribution >= 0.6 is 11.8 Å². The fourth-order valence-electron chi connectivity index (χ4n) is 2.51. The van der Waals surface area contributed by atoms with E-state index in [2.05, 4.69) is 28.2 Å². The largest absolute Gasteiger partial charge is 0.357 e. The van der Waals surface area contributed by atoms with Gasteiger partial charge >= 0.3 is 0 Å². The number of H-pyrrole nitrogens is 2.